The summed E-state index contributed by atoms with van der Waals surface area (Å²) in [6, 6.07) is 11.7. The van der Waals surface area contributed by atoms with Gasteiger partial charge in [-0.05, 0) is 59.3 Å². The molecule has 1 saturated heterocycles. The molecule has 0 spiro atoms. The van der Waals surface area contributed by atoms with Crippen LogP contribution in [0, 0.1) is 18.7 Å². The number of hydrogen-bond acceptors (Lipinski definition) is 5. The lowest BCUT2D eigenvalue weighted by molar-refractivity contribution is -0.122. The predicted molar refractivity (Wildman–Crippen MR) is 99.4 cm³/mol. The number of aryl methyl sites for hydroxylation is 1. The van der Waals surface area contributed by atoms with Crippen LogP contribution in [-0.4, -0.2) is 38.6 Å². The van der Waals surface area contributed by atoms with Gasteiger partial charge in [-0.15, -0.1) is 5.10 Å². The van der Waals surface area contributed by atoms with Crippen molar-refractivity contribution in [1.82, 2.24) is 20.2 Å². The first kappa shape index (κ1) is 17.8. The molecular formula is C19H17FN6O2. The Hall–Kier alpha value is -3.62. The molecule has 2 amide bonds. The summed E-state index contributed by atoms with van der Waals surface area (Å²) in [6.45, 7) is 1.92. The van der Waals surface area contributed by atoms with Crippen molar-refractivity contribution in [3.8, 4) is 5.69 Å². The number of tetrazole rings is 1. The van der Waals surface area contributed by atoms with Gasteiger partial charge in [0.15, 0.2) is 0 Å². The van der Waals surface area contributed by atoms with Gasteiger partial charge in [0.2, 0.25) is 11.8 Å². The number of carbonyl (C=O) groups excluding carboxylic acids is 2. The maximum atomic E-state index is 14.2. The van der Waals surface area contributed by atoms with Crippen molar-refractivity contribution in [2.24, 2.45) is 5.92 Å². The molecule has 1 unspecified atom stereocenters. The van der Waals surface area contributed by atoms with Gasteiger partial charge in [0.25, 0.3) is 0 Å². The summed E-state index contributed by atoms with van der Waals surface area (Å²) in [6.07, 6.45) is 1.51. The second kappa shape index (κ2) is 7.18. The molecule has 2 aromatic carbocycles. The van der Waals surface area contributed by atoms with Crippen molar-refractivity contribution in [3.63, 3.8) is 0 Å². The summed E-state index contributed by atoms with van der Waals surface area (Å²) < 4.78 is 15.7. The molecule has 0 aliphatic carbocycles. The van der Waals surface area contributed by atoms with Crippen LogP contribution in [0.1, 0.15) is 12.0 Å². The van der Waals surface area contributed by atoms with E-state index >= 15 is 0 Å². The normalized spacial score (nSPS) is 16.4. The van der Waals surface area contributed by atoms with Crippen LogP contribution in [0.5, 0.6) is 0 Å². The number of rotatable bonds is 4. The number of anilines is 2. The highest BCUT2D eigenvalue weighted by Gasteiger charge is 2.36. The first-order valence-electron chi connectivity index (χ1n) is 8.72. The molecule has 142 valence electrons. The molecule has 1 aliphatic heterocycles. The molecule has 4 rings (SSSR count). The van der Waals surface area contributed by atoms with E-state index in [4.69, 9.17) is 0 Å². The molecule has 8 nitrogen and oxygen atoms in total. The van der Waals surface area contributed by atoms with Crippen LogP contribution < -0.4 is 10.2 Å². The predicted octanol–water partition coefficient (Wildman–Crippen LogP) is 2.10. The lowest BCUT2D eigenvalue weighted by atomic mass is 10.1. The Morgan fingerprint density at radius 3 is 2.68 bits per heavy atom. The Labute approximate surface area is 160 Å². The molecule has 1 N–H and O–H groups in total. The van der Waals surface area contributed by atoms with Crippen molar-refractivity contribution >= 4 is 23.2 Å². The third kappa shape index (κ3) is 3.46. The maximum absolute atomic E-state index is 14.2. The summed E-state index contributed by atoms with van der Waals surface area (Å²) >= 11 is 0. The Balaban J connectivity index is 1.43. The Bertz CT molecular complexity index is 1020. The lowest BCUT2D eigenvalue weighted by Gasteiger charge is -2.18. The van der Waals surface area contributed by atoms with Crippen LogP contribution >= 0.6 is 0 Å². The van der Waals surface area contributed by atoms with Crippen molar-refractivity contribution in [2.45, 2.75) is 13.3 Å². The van der Waals surface area contributed by atoms with Crippen molar-refractivity contribution in [1.29, 1.82) is 0 Å². The van der Waals surface area contributed by atoms with Crippen LogP contribution in [0.25, 0.3) is 5.69 Å². The number of benzene rings is 2. The van der Waals surface area contributed by atoms with Crippen LogP contribution in [-0.2, 0) is 9.59 Å². The molecule has 1 atom stereocenters. The molecular weight excluding hydrogens is 363 g/mol. The Morgan fingerprint density at radius 2 is 2.00 bits per heavy atom. The van der Waals surface area contributed by atoms with Crippen LogP contribution in [0.15, 0.2) is 48.8 Å². The average molecular weight is 380 g/mol. The maximum Gasteiger partial charge on any atom is 0.229 e. The van der Waals surface area contributed by atoms with E-state index in [1.807, 2.05) is 0 Å². The van der Waals surface area contributed by atoms with Crippen molar-refractivity contribution in [3.05, 3.63) is 60.2 Å². The fraction of sp³-hybridized carbons (Fsp3) is 0.211. The standard InChI is InChI=1S/C19H17FN6O2/c1-12-2-7-17(16(20)8-12)25-10-13(9-18(25)27)19(28)22-14-3-5-15(6-4-14)26-11-21-23-24-26/h2-8,11,13H,9-10H2,1H3,(H,22,28). The zero-order chi connectivity index (χ0) is 19.7. The number of hydrogen-bond donors (Lipinski definition) is 1. The lowest BCUT2D eigenvalue weighted by Crippen LogP contribution is -2.28. The number of nitrogens with one attached hydrogen (secondary N) is 1. The van der Waals surface area contributed by atoms with E-state index in [1.54, 1.807) is 43.3 Å². The highest BCUT2D eigenvalue weighted by atomic mass is 19.1. The number of amides is 2. The van der Waals surface area contributed by atoms with Crippen molar-refractivity contribution < 1.29 is 14.0 Å². The van der Waals surface area contributed by atoms with Crippen molar-refractivity contribution in [2.75, 3.05) is 16.8 Å². The Kier molecular flexibility index (Phi) is 4.56. The highest BCUT2D eigenvalue weighted by molar-refractivity contribution is 6.03. The van der Waals surface area contributed by atoms with E-state index in [1.165, 1.54) is 22.0 Å². The summed E-state index contributed by atoms with van der Waals surface area (Å²) in [5.74, 6) is -1.56. The Morgan fingerprint density at radius 1 is 1.21 bits per heavy atom. The fourth-order valence-corrected chi connectivity index (χ4v) is 3.17. The minimum absolute atomic E-state index is 0.0435. The topological polar surface area (TPSA) is 93.0 Å². The first-order chi connectivity index (χ1) is 13.5. The zero-order valence-electron chi connectivity index (χ0n) is 15.0. The van der Waals surface area contributed by atoms with E-state index in [0.717, 1.165) is 11.3 Å². The third-order valence-electron chi connectivity index (χ3n) is 4.64. The number of halogens is 1. The second-order valence-electron chi connectivity index (χ2n) is 6.65. The van der Waals surface area contributed by atoms with Gasteiger partial charge in [-0.3, -0.25) is 9.59 Å². The van der Waals surface area contributed by atoms with Gasteiger partial charge in [-0.25, -0.2) is 9.07 Å². The number of carbonyl (C=O) groups is 2. The molecule has 1 fully saturated rings. The quantitative estimate of drug-likeness (QED) is 0.748. The molecule has 3 aromatic rings. The van der Waals surface area contributed by atoms with Crippen LogP contribution in [0.3, 0.4) is 0 Å². The minimum atomic E-state index is -0.549. The van der Waals surface area contributed by atoms with Crippen LogP contribution in [0.4, 0.5) is 15.8 Å². The second-order valence-corrected chi connectivity index (χ2v) is 6.65. The number of aromatic nitrogens is 4. The number of nitrogens with zero attached hydrogens (tertiary/aromatic N) is 5. The third-order valence-corrected chi connectivity index (χ3v) is 4.64. The molecule has 28 heavy (non-hydrogen) atoms. The van der Waals surface area contributed by atoms with Gasteiger partial charge in [-0.2, -0.15) is 0 Å². The fourth-order valence-electron chi connectivity index (χ4n) is 3.17. The molecule has 0 saturated carbocycles. The molecule has 2 heterocycles. The summed E-state index contributed by atoms with van der Waals surface area (Å²) in [5.41, 5.74) is 2.32. The average Bonchev–Trinajstić information content (AvgIpc) is 3.33. The van der Waals surface area contributed by atoms with Crippen LogP contribution in [0.2, 0.25) is 0 Å². The van der Waals surface area contributed by atoms with E-state index in [-0.39, 0.29) is 30.5 Å². The summed E-state index contributed by atoms with van der Waals surface area (Å²) in [4.78, 5) is 26.2. The molecule has 9 heteroatoms. The SMILES string of the molecule is Cc1ccc(N2CC(C(=O)Nc3ccc(-n4cnnn4)cc3)CC2=O)c(F)c1. The van der Waals surface area contributed by atoms with E-state index in [9.17, 15) is 14.0 Å². The van der Waals surface area contributed by atoms with E-state index in [0.29, 0.717) is 5.69 Å². The smallest absolute Gasteiger partial charge is 0.229 e. The van der Waals surface area contributed by atoms with Gasteiger partial charge >= 0.3 is 0 Å². The van der Waals surface area contributed by atoms with Gasteiger partial charge in [0, 0.05) is 18.7 Å². The zero-order valence-corrected chi connectivity index (χ0v) is 15.0. The molecule has 0 radical (unpaired) electrons. The van der Waals surface area contributed by atoms with E-state index < -0.39 is 11.7 Å². The highest BCUT2D eigenvalue weighted by Crippen LogP contribution is 2.28. The first-order valence-corrected chi connectivity index (χ1v) is 8.72. The molecule has 1 aliphatic rings. The van der Waals surface area contributed by atoms with Gasteiger partial charge in [-0.1, -0.05) is 6.07 Å². The molecule has 0 bridgehead atoms. The van der Waals surface area contributed by atoms with E-state index in [2.05, 4.69) is 20.8 Å². The summed E-state index contributed by atoms with van der Waals surface area (Å²) in [7, 11) is 0. The largest absolute Gasteiger partial charge is 0.326 e. The summed E-state index contributed by atoms with van der Waals surface area (Å²) in [5, 5.41) is 13.7. The minimum Gasteiger partial charge on any atom is -0.326 e. The molecule has 1 aromatic heterocycles. The van der Waals surface area contributed by atoms with Gasteiger partial charge in [0.05, 0.1) is 17.3 Å². The van der Waals surface area contributed by atoms with Gasteiger partial charge < -0.3 is 10.2 Å². The van der Waals surface area contributed by atoms with Gasteiger partial charge in [0.1, 0.15) is 12.1 Å². The monoisotopic (exact) mass is 380 g/mol.